The van der Waals surface area contributed by atoms with Crippen molar-refractivity contribution < 1.29 is 0 Å². The molecule has 4 rings (SSSR count). The highest BCUT2D eigenvalue weighted by atomic mass is 79.9. The summed E-state index contributed by atoms with van der Waals surface area (Å²) in [7, 11) is 0. The predicted molar refractivity (Wildman–Crippen MR) is 104 cm³/mol. The molecule has 0 amide bonds. The lowest BCUT2D eigenvalue weighted by atomic mass is 10.00. The van der Waals surface area contributed by atoms with Crippen molar-refractivity contribution in [1.82, 2.24) is 9.97 Å². The molecule has 1 aromatic heterocycles. The number of aryl methyl sites for hydroxylation is 1. The fourth-order valence-corrected chi connectivity index (χ4v) is 3.37. The smallest absolute Gasteiger partial charge is 0.108 e. The number of para-hydroxylation sites is 1. The third-order valence-electron chi connectivity index (χ3n) is 4.34. The lowest BCUT2D eigenvalue weighted by Gasteiger charge is -2.24. The summed E-state index contributed by atoms with van der Waals surface area (Å²) in [5.41, 5.74) is 5.07. The summed E-state index contributed by atoms with van der Waals surface area (Å²) in [5, 5.41) is 7.00. The maximum Gasteiger partial charge on any atom is 0.108 e. The zero-order valence-electron chi connectivity index (χ0n) is 13.8. The SMILES string of the molecule is Cc1nccnc1C1=NN(c2ccccc2)C(c2ccc(Br)cc2)C1. The number of benzene rings is 2. The van der Waals surface area contributed by atoms with Crippen LogP contribution in [0.4, 0.5) is 5.69 Å². The molecular weight excluding hydrogens is 376 g/mol. The van der Waals surface area contributed by atoms with Crippen LogP contribution in [0.5, 0.6) is 0 Å². The van der Waals surface area contributed by atoms with Gasteiger partial charge in [0.25, 0.3) is 0 Å². The van der Waals surface area contributed by atoms with Gasteiger partial charge < -0.3 is 0 Å². The van der Waals surface area contributed by atoms with E-state index in [0.717, 1.165) is 33.7 Å². The minimum atomic E-state index is 0.145. The molecule has 1 atom stereocenters. The molecule has 0 aliphatic carbocycles. The molecule has 1 aliphatic heterocycles. The molecule has 0 fully saturated rings. The van der Waals surface area contributed by atoms with Crippen LogP contribution in [-0.4, -0.2) is 15.7 Å². The standard InChI is InChI=1S/C20H17BrN4/c1-14-20(23-12-11-22-14)18-13-19(15-7-9-16(21)10-8-15)25(24-18)17-5-3-2-4-6-17/h2-12,19H,13H2,1H3. The van der Waals surface area contributed by atoms with Gasteiger partial charge in [0, 0.05) is 23.3 Å². The quantitative estimate of drug-likeness (QED) is 0.636. The Kier molecular flexibility index (Phi) is 4.32. The monoisotopic (exact) mass is 392 g/mol. The third-order valence-corrected chi connectivity index (χ3v) is 4.87. The number of anilines is 1. The van der Waals surface area contributed by atoms with Gasteiger partial charge in [-0.25, -0.2) is 0 Å². The van der Waals surface area contributed by atoms with E-state index in [1.807, 2.05) is 25.1 Å². The van der Waals surface area contributed by atoms with E-state index in [1.165, 1.54) is 5.56 Å². The van der Waals surface area contributed by atoms with E-state index in [1.54, 1.807) is 12.4 Å². The first-order valence-corrected chi connectivity index (χ1v) is 8.97. The van der Waals surface area contributed by atoms with Gasteiger partial charge in [-0.15, -0.1) is 0 Å². The van der Waals surface area contributed by atoms with Crippen molar-refractivity contribution in [3.05, 3.63) is 88.4 Å². The Balaban J connectivity index is 1.77. The highest BCUT2D eigenvalue weighted by Crippen LogP contribution is 2.36. The molecule has 2 aromatic carbocycles. The summed E-state index contributed by atoms with van der Waals surface area (Å²) < 4.78 is 1.08. The molecular formula is C20H17BrN4. The first-order valence-electron chi connectivity index (χ1n) is 8.17. The lowest BCUT2D eigenvalue weighted by Crippen LogP contribution is -2.18. The molecule has 5 heteroatoms. The predicted octanol–water partition coefficient (Wildman–Crippen LogP) is 4.90. The summed E-state index contributed by atoms with van der Waals surface area (Å²) in [6.07, 6.45) is 4.25. The fraction of sp³-hybridized carbons (Fsp3) is 0.150. The molecule has 4 nitrogen and oxygen atoms in total. The summed E-state index contributed by atoms with van der Waals surface area (Å²) >= 11 is 3.51. The van der Waals surface area contributed by atoms with Crippen LogP contribution >= 0.6 is 15.9 Å². The van der Waals surface area contributed by atoms with E-state index in [-0.39, 0.29) is 6.04 Å². The van der Waals surface area contributed by atoms with E-state index in [0.29, 0.717) is 0 Å². The number of rotatable bonds is 3. The molecule has 0 saturated heterocycles. The maximum absolute atomic E-state index is 4.91. The average Bonchev–Trinajstić information content (AvgIpc) is 3.08. The molecule has 0 saturated carbocycles. The summed E-state index contributed by atoms with van der Waals surface area (Å²) in [4.78, 5) is 8.87. The maximum atomic E-state index is 4.91. The van der Waals surface area contributed by atoms with Crippen LogP contribution in [0, 0.1) is 6.92 Å². The summed E-state index contributed by atoms with van der Waals surface area (Å²) in [5.74, 6) is 0. The van der Waals surface area contributed by atoms with Gasteiger partial charge in [0.1, 0.15) is 5.69 Å². The van der Waals surface area contributed by atoms with Crippen LogP contribution in [0.2, 0.25) is 0 Å². The molecule has 0 radical (unpaired) electrons. The Morgan fingerprint density at radius 3 is 2.40 bits per heavy atom. The second-order valence-corrected chi connectivity index (χ2v) is 6.90. The van der Waals surface area contributed by atoms with E-state index < -0.39 is 0 Å². The third kappa shape index (κ3) is 3.20. The van der Waals surface area contributed by atoms with Crippen molar-refractivity contribution >= 4 is 27.3 Å². The molecule has 0 N–H and O–H groups in total. The minimum absolute atomic E-state index is 0.145. The number of hydrazone groups is 1. The highest BCUT2D eigenvalue weighted by Gasteiger charge is 2.31. The van der Waals surface area contributed by atoms with E-state index in [2.05, 4.69) is 67.3 Å². The number of halogens is 1. The van der Waals surface area contributed by atoms with Crippen molar-refractivity contribution in [2.45, 2.75) is 19.4 Å². The van der Waals surface area contributed by atoms with E-state index in [9.17, 15) is 0 Å². The molecule has 2 heterocycles. The zero-order valence-corrected chi connectivity index (χ0v) is 15.4. The summed E-state index contributed by atoms with van der Waals surface area (Å²) in [6.45, 7) is 1.98. The van der Waals surface area contributed by atoms with Crippen molar-refractivity contribution in [2.24, 2.45) is 5.10 Å². The molecule has 0 bridgehead atoms. The van der Waals surface area contributed by atoms with Crippen LogP contribution < -0.4 is 5.01 Å². The topological polar surface area (TPSA) is 41.4 Å². The van der Waals surface area contributed by atoms with Gasteiger partial charge in [0.15, 0.2) is 0 Å². The first-order chi connectivity index (χ1) is 12.2. The Morgan fingerprint density at radius 2 is 1.68 bits per heavy atom. The Hall–Kier alpha value is -2.53. The molecule has 1 unspecified atom stereocenters. The summed E-state index contributed by atoms with van der Waals surface area (Å²) in [6, 6.07) is 18.8. The van der Waals surface area contributed by atoms with Gasteiger partial charge in [0.05, 0.1) is 23.1 Å². The molecule has 3 aromatic rings. The van der Waals surface area contributed by atoms with Crippen LogP contribution in [-0.2, 0) is 0 Å². The van der Waals surface area contributed by atoms with E-state index >= 15 is 0 Å². The van der Waals surface area contributed by atoms with Gasteiger partial charge in [0.2, 0.25) is 0 Å². The Labute approximate surface area is 155 Å². The van der Waals surface area contributed by atoms with Crippen LogP contribution in [0.25, 0.3) is 0 Å². The number of aromatic nitrogens is 2. The Morgan fingerprint density at radius 1 is 0.960 bits per heavy atom. The van der Waals surface area contributed by atoms with Crippen molar-refractivity contribution in [1.29, 1.82) is 0 Å². The highest BCUT2D eigenvalue weighted by molar-refractivity contribution is 9.10. The largest absolute Gasteiger partial charge is 0.258 e. The van der Waals surface area contributed by atoms with Crippen LogP contribution in [0.1, 0.15) is 29.4 Å². The molecule has 124 valence electrons. The average molecular weight is 393 g/mol. The molecule has 1 aliphatic rings. The molecule has 0 spiro atoms. The minimum Gasteiger partial charge on any atom is -0.258 e. The van der Waals surface area contributed by atoms with Crippen LogP contribution in [0.15, 0.2) is 76.6 Å². The van der Waals surface area contributed by atoms with Gasteiger partial charge in [-0.2, -0.15) is 5.10 Å². The van der Waals surface area contributed by atoms with E-state index in [4.69, 9.17) is 5.10 Å². The van der Waals surface area contributed by atoms with Crippen LogP contribution in [0.3, 0.4) is 0 Å². The molecule has 25 heavy (non-hydrogen) atoms. The Bertz CT molecular complexity index is 906. The van der Waals surface area contributed by atoms with Gasteiger partial charge >= 0.3 is 0 Å². The number of hydrogen-bond acceptors (Lipinski definition) is 4. The number of hydrogen-bond donors (Lipinski definition) is 0. The fourth-order valence-electron chi connectivity index (χ4n) is 3.11. The second-order valence-electron chi connectivity index (χ2n) is 5.99. The van der Waals surface area contributed by atoms with Gasteiger partial charge in [-0.1, -0.05) is 46.3 Å². The van der Waals surface area contributed by atoms with Crippen molar-refractivity contribution in [3.63, 3.8) is 0 Å². The first kappa shape index (κ1) is 16.0. The van der Waals surface area contributed by atoms with Gasteiger partial charge in [-0.3, -0.25) is 15.0 Å². The normalized spacial score (nSPS) is 16.8. The van der Waals surface area contributed by atoms with Crippen molar-refractivity contribution in [2.75, 3.05) is 5.01 Å². The lowest BCUT2D eigenvalue weighted by molar-refractivity contribution is 0.708. The van der Waals surface area contributed by atoms with Gasteiger partial charge in [-0.05, 0) is 36.8 Å². The number of nitrogens with zero attached hydrogens (tertiary/aromatic N) is 4. The van der Waals surface area contributed by atoms with Crippen molar-refractivity contribution in [3.8, 4) is 0 Å². The second kappa shape index (κ2) is 6.76. The zero-order chi connectivity index (χ0) is 17.2.